The Hall–Kier alpha value is -1.18. The zero-order valence-electron chi connectivity index (χ0n) is 6.23. The molecule has 1 aromatic rings. The molecule has 1 aromatic carbocycles. The molecule has 0 aliphatic rings. The Kier molecular flexibility index (Phi) is 2.81. The molecule has 13 heavy (non-hydrogen) atoms. The molecule has 6 heteroatoms. The molecule has 0 saturated carbocycles. The van der Waals surface area contributed by atoms with Crippen LogP contribution >= 0.6 is 19.8 Å². The number of phenolic OH excluding ortho intramolecular Hbond substituents is 1. The Morgan fingerprint density at radius 1 is 1.31 bits per heavy atom. The largest absolute Gasteiger partial charge is 0.508 e. The quantitative estimate of drug-likeness (QED) is 0.806. The smallest absolute Gasteiger partial charge is 0.341 e. The maximum absolute atomic E-state index is 10.6. The fourth-order valence-electron chi connectivity index (χ4n) is 0.812. The van der Waals surface area contributed by atoms with Gasteiger partial charge in [0.2, 0.25) is 0 Å². The molecule has 2 N–H and O–H groups in total. The number of hydrogen-bond donors (Lipinski definition) is 2. The molecule has 1 rings (SSSR count). The van der Waals surface area contributed by atoms with Gasteiger partial charge in [0, 0.05) is 0 Å². The van der Waals surface area contributed by atoms with Crippen molar-refractivity contribution in [2.24, 2.45) is 0 Å². The van der Waals surface area contributed by atoms with Crippen molar-refractivity contribution >= 4 is 25.8 Å². The third-order valence-electron chi connectivity index (χ3n) is 1.35. The minimum Gasteiger partial charge on any atom is -0.508 e. The first-order chi connectivity index (χ1) is 6.02. The molecule has 0 radical (unpaired) electrons. The zero-order valence-corrected chi connectivity index (χ0v) is 8.39. The van der Waals surface area contributed by atoms with Gasteiger partial charge in [-0.2, -0.15) is 0 Å². The van der Waals surface area contributed by atoms with Gasteiger partial charge in [0.05, 0.1) is 9.13 Å². The molecule has 0 unspecified atom stereocenters. The molecule has 0 atom stereocenters. The minimum atomic E-state index is -3.80. The number of benzene rings is 1. The lowest BCUT2D eigenvalue weighted by molar-refractivity contribution is 0.0695. The van der Waals surface area contributed by atoms with Crippen LogP contribution in [0.2, 0.25) is 0 Å². The van der Waals surface area contributed by atoms with Gasteiger partial charge in [0.15, 0.2) is 0 Å². The molecule has 0 aromatic heterocycles. The number of aromatic carboxylic acids is 1. The summed E-state index contributed by atoms with van der Waals surface area (Å²) in [7, 11) is 0. The van der Waals surface area contributed by atoms with Gasteiger partial charge in [-0.15, -0.1) is 0 Å². The summed E-state index contributed by atoms with van der Waals surface area (Å²) in [5.74, 6) is -1.63. The Balaban J connectivity index is 3.44. The van der Waals surface area contributed by atoms with Crippen molar-refractivity contribution in [1.29, 1.82) is 0 Å². The molecule has 0 heterocycles. The van der Waals surface area contributed by atoms with Crippen LogP contribution in [0.3, 0.4) is 0 Å². The van der Waals surface area contributed by atoms with Gasteiger partial charge in [0.25, 0.3) is 0 Å². The number of hydrogen-bond acceptors (Lipinski definition) is 4. The van der Waals surface area contributed by atoms with E-state index in [9.17, 15) is 10.9 Å². The summed E-state index contributed by atoms with van der Waals surface area (Å²) in [6, 6.07) is 3.14. The van der Waals surface area contributed by atoms with Gasteiger partial charge in [0.1, 0.15) is 5.75 Å². The number of carboxylic acids is 1. The van der Waals surface area contributed by atoms with Crippen molar-refractivity contribution in [3.05, 3.63) is 27.3 Å². The molecule has 0 amide bonds. The van der Waals surface area contributed by atoms with E-state index < -0.39 is 25.8 Å². The minimum absolute atomic E-state index is 0.213. The standard InChI is InChI=1S/C7H5IO5/c9-4-1-2-6(8(12)13)5(3-4)7(10)11/h1-3,9H,(H,10,11). The third kappa shape index (κ3) is 2.14. The van der Waals surface area contributed by atoms with Gasteiger partial charge >= 0.3 is 25.8 Å². The Morgan fingerprint density at radius 3 is 2.38 bits per heavy atom. The highest BCUT2D eigenvalue weighted by molar-refractivity contribution is 14.2. The molecule has 70 valence electrons. The highest BCUT2D eigenvalue weighted by Crippen LogP contribution is 2.24. The summed E-state index contributed by atoms with van der Waals surface area (Å²) >= 11 is -3.80. The van der Waals surface area contributed by atoms with Crippen LogP contribution in [0, 0.1) is 3.57 Å². The van der Waals surface area contributed by atoms with E-state index in [1.807, 2.05) is 0 Å². The van der Waals surface area contributed by atoms with E-state index in [4.69, 9.17) is 10.2 Å². The van der Waals surface area contributed by atoms with E-state index >= 15 is 0 Å². The van der Waals surface area contributed by atoms with Crippen molar-refractivity contribution < 1.29 is 21.1 Å². The summed E-state index contributed by atoms with van der Waals surface area (Å²) in [5.41, 5.74) is -0.379. The molecular weight excluding hydrogens is 291 g/mol. The number of carboxylic acid groups (broad SMARTS) is 1. The number of aromatic hydroxyl groups is 1. The van der Waals surface area contributed by atoms with Crippen LogP contribution in [-0.4, -0.2) is 16.2 Å². The molecule has 0 bridgehead atoms. The average Bonchev–Trinajstić information content (AvgIpc) is 2.03. The van der Waals surface area contributed by atoms with Gasteiger partial charge in [-0.05, 0) is 18.2 Å². The van der Waals surface area contributed by atoms with Gasteiger partial charge in [-0.25, -0.2) is 10.9 Å². The molecule has 0 aliphatic heterocycles. The van der Waals surface area contributed by atoms with Crippen molar-refractivity contribution in [2.75, 3.05) is 0 Å². The summed E-state index contributed by atoms with van der Waals surface area (Å²) < 4.78 is 21.0. The molecule has 0 fully saturated rings. The summed E-state index contributed by atoms with van der Waals surface area (Å²) in [6.07, 6.45) is 0. The second-order valence-electron chi connectivity index (χ2n) is 2.19. The lowest BCUT2D eigenvalue weighted by atomic mass is 10.2. The van der Waals surface area contributed by atoms with E-state index in [1.54, 1.807) is 0 Å². The molecule has 0 aliphatic carbocycles. The third-order valence-corrected chi connectivity index (χ3v) is 3.24. The van der Waals surface area contributed by atoms with Crippen LogP contribution < -0.4 is 0 Å². The normalized spacial score (nSPS) is 10.2. The van der Waals surface area contributed by atoms with Crippen LogP contribution in [0.1, 0.15) is 10.4 Å². The van der Waals surface area contributed by atoms with Crippen LogP contribution in [0.15, 0.2) is 18.2 Å². The summed E-state index contributed by atoms with van der Waals surface area (Å²) in [6.45, 7) is 0. The predicted molar refractivity (Wildman–Crippen MR) is 49.2 cm³/mol. The van der Waals surface area contributed by atoms with Gasteiger partial charge in [-0.1, -0.05) is 0 Å². The fraction of sp³-hybridized carbons (Fsp3) is 0. The molecule has 0 saturated heterocycles. The van der Waals surface area contributed by atoms with Crippen molar-refractivity contribution in [3.8, 4) is 5.75 Å². The van der Waals surface area contributed by atoms with E-state index in [-0.39, 0.29) is 14.9 Å². The summed E-state index contributed by atoms with van der Waals surface area (Å²) in [5, 5.41) is 17.5. The monoisotopic (exact) mass is 296 g/mol. The first kappa shape index (κ1) is 9.90. The maximum Gasteiger partial charge on any atom is 0.341 e. The van der Waals surface area contributed by atoms with Gasteiger partial charge < -0.3 is 10.2 Å². The SMILES string of the molecule is O=C(O)c1cc(O)ccc1I(=O)=O. The van der Waals surface area contributed by atoms with Crippen molar-refractivity contribution in [2.45, 2.75) is 0 Å². The van der Waals surface area contributed by atoms with E-state index in [0.717, 1.165) is 18.2 Å². The van der Waals surface area contributed by atoms with Crippen molar-refractivity contribution in [3.63, 3.8) is 0 Å². The average molecular weight is 296 g/mol. The van der Waals surface area contributed by atoms with Crippen molar-refractivity contribution in [1.82, 2.24) is 0 Å². The van der Waals surface area contributed by atoms with Crippen LogP contribution in [0.5, 0.6) is 5.75 Å². The highest BCUT2D eigenvalue weighted by atomic mass is 127. The Labute approximate surface area is 80.2 Å². The fourth-order valence-corrected chi connectivity index (χ4v) is 2.15. The topological polar surface area (TPSA) is 91.7 Å². The second kappa shape index (κ2) is 3.69. The Bertz CT molecular complexity index is 413. The van der Waals surface area contributed by atoms with E-state index in [1.165, 1.54) is 0 Å². The van der Waals surface area contributed by atoms with Crippen LogP contribution in [0.25, 0.3) is 0 Å². The van der Waals surface area contributed by atoms with Crippen LogP contribution in [0.4, 0.5) is 0 Å². The number of carbonyl (C=O) groups is 1. The number of rotatable bonds is 2. The molecule has 5 nitrogen and oxygen atoms in total. The van der Waals surface area contributed by atoms with Crippen LogP contribution in [-0.2, 0) is 6.14 Å². The number of phenols is 1. The van der Waals surface area contributed by atoms with E-state index in [0.29, 0.717) is 0 Å². The number of halogens is 1. The first-order valence-corrected chi connectivity index (χ1v) is 5.98. The van der Waals surface area contributed by atoms with E-state index in [2.05, 4.69) is 0 Å². The maximum atomic E-state index is 10.6. The summed E-state index contributed by atoms with van der Waals surface area (Å²) in [4.78, 5) is 10.5. The Morgan fingerprint density at radius 2 is 1.92 bits per heavy atom. The molecular formula is C7H5IO5. The van der Waals surface area contributed by atoms with Gasteiger partial charge in [-0.3, -0.25) is 0 Å². The zero-order chi connectivity index (χ0) is 10.0. The predicted octanol–water partition coefficient (Wildman–Crippen LogP) is 1.46. The second-order valence-corrected chi connectivity index (χ2v) is 4.59. The molecule has 0 spiro atoms. The first-order valence-electron chi connectivity index (χ1n) is 3.14. The lowest BCUT2D eigenvalue weighted by Crippen LogP contribution is -1.99. The highest BCUT2D eigenvalue weighted by Gasteiger charge is 2.14. The lowest BCUT2D eigenvalue weighted by Gasteiger charge is -1.97.